The third-order valence-corrected chi connectivity index (χ3v) is 5.34. The van der Waals surface area contributed by atoms with Gasteiger partial charge in [-0.05, 0) is 43.2 Å². The first-order valence-electron chi connectivity index (χ1n) is 10.5. The third kappa shape index (κ3) is 4.96. The predicted octanol–water partition coefficient (Wildman–Crippen LogP) is 2.89. The van der Waals surface area contributed by atoms with Crippen LogP contribution in [0, 0.1) is 0 Å². The monoisotopic (exact) mass is 495 g/mol. The number of methoxy groups -OCH3 is 2. The van der Waals surface area contributed by atoms with Crippen molar-refractivity contribution in [1.29, 1.82) is 0 Å². The standard InChI is InChI=1S/C23H24F3N3O6/c1-4-35-16-8-6-5-7-15(16)19(30)27-22(23(24,25)26)20(31)29(21(32)28-22)12-11-14-9-10-17(33-2)18(13-14)34-3/h5-10,13H,4,11-12H2,1-3H3,(H,27,30)(H,28,32)/t22-/m0/s1. The van der Waals surface area contributed by atoms with E-state index in [1.54, 1.807) is 41.8 Å². The van der Waals surface area contributed by atoms with Crippen LogP contribution in [-0.2, 0) is 11.2 Å². The zero-order chi connectivity index (χ0) is 25.8. The Hall–Kier alpha value is -3.96. The highest BCUT2D eigenvalue weighted by Gasteiger charge is 2.68. The lowest BCUT2D eigenvalue weighted by atomic mass is 10.1. The summed E-state index contributed by atoms with van der Waals surface area (Å²) in [6.45, 7) is 1.43. The van der Waals surface area contributed by atoms with Crippen molar-refractivity contribution in [2.75, 3.05) is 27.4 Å². The van der Waals surface area contributed by atoms with Gasteiger partial charge in [-0.25, -0.2) is 4.79 Å². The van der Waals surface area contributed by atoms with Crippen molar-refractivity contribution in [3.8, 4) is 17.2 Å². The molecule has 0 bridgehead atoms. The summed E-state index contributed by atoms with van der Waals surface area (Å²) in [6.07, 6.45) is -5.29. The number of urea groups is 1. The van der Waals surface area contributed by atoms with Gasteiger partial charge in [0.05, 0.1) is 26.4 Å². The lowest BCUT2D eigenvalue weighted by molar-refractivity contribution is -0.200. The summed E-state index contributed by atoms with van der Waals surface area (Å²) in [6, 6.07) is 9.15. The molecule has 0 saturated carbocycles. The van der Waals surface area contributed by atoms with Crippen LogP contribution in [0.3, 0.4) is 0 Å². The van der Waals surface area contributed by atoms with Gasteiger partial charge in [0.1, 0.15) is 5.75 Å². The minimum absolute atomic E-state index is 0.0342. The number of benzene rings is 2. The van der Waals surface area contributed by atoms with Gasteiger partial charge in [-0.1, -0.05) is 18.2 Å². The number of hydrogen-bond acceptors (Lipinski definition) is 6. The Balaban J connectivity index is 1.85. The molecule has 2 aromatic carbocycles. The maximum atomic E-state index is 14.1. The summed E-state index contributed by atoms with van der Waals surface area (Å²) in [5, 5.41) is 3.32. The predicted molar refractivity (Wildman–Crippen MR) is 117 cm³/mol. The molecule has 0 aromatic heterocycles. The lowest BCUT2D eigenvalue weighted by Gasteiger charge is -2.30. The summed E-state index contributed by atoms with van der Waals surface area (Å²) in [5.74, 6) is -2.02. The Labute approximate surface area is 199 Å². The van der Waals surface area contributed by atoms with Crippen molar-refractivity contribution >= 4 is 17.8 Å². The van der Waals surface area contributed by atoms with Gasteiger partial charge in [0.2, 0.25) is 0 Å². The van der Waals surface area contributed by atoms with Gasteiger partial charge >= 0.3 is 12.2 Å². The maximum absolute atomic E-state index is 14.1. The van der Waals surface area contributed by atoms with Crippen molar-refractivity contribution in [2.45, 2.75) is 25.2 Å². The molecule has 9 nitrogen and oxygen atoms in total. The number of alkyl halides is 3. The van der Waals surface area contributed by atoms with Crippen molar-refractivity contribution in [3.63, 3.8) is 0 Å². The van der Waals surface area contributed by atoms with Crippen molar-refractivity contribution < 1.29 is 41.8 Å². The second kappa shape index (κ2) is 10.1. The maximum Gasteiger partial charge on any atom is 0.440 e. The van der Waals surface area contributed by atoms with E-state index in [0.29, 0.717) is 22.0 Å². The Morgan fingerprint density at radius 2 is 1.74 bits per heavy atom. The quantitative estimate of drug-likeness (QED) is 0.519. The average Bonchev–Trinajstić information content (AvgIpc) is 3.07. The molecule has 0 radical (unpaired) electrons. The lowest BCUT2D eigenvalue weighted by Crippen LogP contribution is -2.69. The van der Waals surface area contributed by atoms with Crippen LogP contribution < -0.4 is 24.8 Å². The molecule has 1 aliphatic heterocycles. The summed E-state index contributed by atoms with van der Waals surface area (Å²) in [7, 11) is 2.87. The number of imide groups is 1. The van der Waals surface area contributed by atoms with Gasteiger partial charge < -0.3 is 19.5 Å². The summed E-state index contributed by atoms with van der Waals surface area (Å²) < 4.78 is 58.0. The van der Waals surface area contributed by atoms with Crippen LogP contribution >= 0.6 is 0 Å². The molecule has 1 aliphatic rings. The number of para-hydroxylation sites is 1. The molecule has 1 atom stereocenters. The van der Waals surface area contributed by atoms with E-state index in [-0.39, 0.29) is 30.9 Å². The Morgan fingerprint density at radius 1 is 1.06 bits per heavy atom. The normalized spacial score (nSPS) is 17.7. The molecule has 0 aliphatic carbocycles. The van der Waals surface area contributed by atoms with Crippen LogP contribution in [-0.4, -0.2) is 62.0 Å². The van der Waals surface area contributed by atoms with Crippen LogP contribution in [0.1, 0.15) is 22.8 Å². The molecule has 1 heterocycles. The molecule has 0 unspecified atom stereocenters. The first-order chi connectivity index (χ1) is 16.6. The van der Waals surface area contributed by atoms with Crippen LogP contribution in [0.4, 0.5) is 18.0 Å². The van der Waals surface area contributed by atoms with Crippen molar-refractivity contribution in [2.24, 2.45) is 0 Å². The highest BCUT2D eigenvalue weighted by Crippen LogP contribution is 2.35. The first-order valence-corrected chi connectivity index (χ1v) is 10.5. The minimum Gasteiger partial charge on any atom is -0.493 e. The van der Waals surface area contributed by atoms with E-state index in [0.717, 1.165) is 0 Å². The fourth-order valence-electron chi connectivity index (χ4n) is 3.58. The van der Waals surface area contributed by atoms with Gasteiger partial charge in [0.25, 0.3) is 17.5 Å². The van der Waals surface area contributed by atoms with Gasteiger partial charge in [-0.2, -0.15) is 13.2 Å². The van der Waals surface area contributed by atoms with Crippen molar-refractivity contribution in [1.82, 2.24) is 15.5 Å². The molecule has 4 amide bonds. The van der Waals surface area contributed by atoms with Gasteiger partial charge in [0, 0.05) is 6.54 Å². The number of amides is 4. The first kappa shape index (κ1) is 25.7. The van der Waals surface area contributed by atoms with E-state index in [9.17, 15) is 27.6 Å². The zero-order valence-electron chi connectivity index (χ0n) is 19.2. The fraction of sp³-hybridized carbons (Fsp3) is 0.348. The topological polar surface area (TPSA) is 106 Å². The second-order valence-electron chi connectivity index (χ2n) is 7.46. The molecule has 12 heteroatoms. The van der Waals surface area contributed by atoms with E-state index >= 15 is 0 Å². The van der Waals surface area contributed by atoms with Gasteiger partial charge in [-0.15, -0.1) is 0 Å². The fourth-order valence-corrected chi connectivity index (χ4v) is 3.58. The Bertz CT molecular complexity index is 1120. The summed E-state index contributed by atoms with van der Waals surface area (Å²) >= 11 is 0. The molecule has 3 rings (SSSR count). The second-order valence-corrected chi connectivity index (χ2v) is 7.46. The number of hydrogen-bond donors (Lipinski definition) is 2. The summed E-state index contributed by atoms with van der Waals surface area (Å²) in [5.41, 5.74) is -3.26. The molecular formula is C23H24F3N3O6. The van der Waals surface area contributed by atoms with Crippen LogP contribution in [0.5, 0.6) is 17.2 Å². The van der Waals surface area contributed by atoms with Crippen LogP contribution in [0.25, 0.3) is 0 Å². The van der Waals surface area contributed by atoms with E-state index in [4.69, 9.17) is 14.2 Å². The van der Waals surface area contributed by atoms with Crippen LogP contribution in [0.15, 0.2) is 42.5 Å². The SMILES string of the molecule is CCOc1ccccc1C(=O)N[C@]1(C(F)(F)F)NC(=O)N(CCc2ccc(OC)c(OC)c2)C1=O. The van der Waals surface area contributed by atoms with E-state index in [2.05, 4.69) is 0 Å². The van der Waals surface area contributed by atoms with Gasteiger partial charge in [-0.3, -0.25) is 19.8 Å². The highest BCUT2D eigenvalue weighted by atomic mass is 19.4. The molecule has 188 valence electrons. The van der Waals surface area contributed by atoms with E-state index in [1.165, 1.54) is 32.4 Å². The minimum atomic E-state index is -5.33. The molecule has 0 spiro atoms. The van der Waals surface area contributed by atoms with Crippen LogP contribution in [0.2, 0.25) is 0 Å². The molecule has 2 aromatic rings. The van der Waals surface area contributed by atoms with E-state index in [1.807, 2.05) is 0 Å². The molecule has 35 heavy (non-hydrogen) atoms. The third-order valence-electron chi connectivity index (χ3n) is 5.34. The largest absolute Gasteiger partial charge is 0.493 e. The molecular weight excluding hydrogens is 471 g/mol. The Kier molecular flexibility index (Phi) is 7.42. The number of carbonyl (C=O) groups is 3. The number of carbonyl (C=O) groups excluding carboxylic acids is 3. The number of ether oxygens (including phenoxy) is 3. The number of nitrogens with one attached hydrogen (secondary N) is 2. The average molecular weight is 495 g/mol. The van der Waals surface area contributed by atoms with Crippen molar-refractivity contribution in [3.05, 3.63) is 53.6 Å². The molecule has 1 fully saturated rings. The smallest absolute Gasteiger partial charge is 0.440 e. The number of nitrogens with zero attached hydrogens (tertiary/aromatic N) is 1. The highest BCUT2D eigenvalue weighted by molar-refractivity contribution is 6.10. The Morgan fingerprint density at radius 3 is 2.37 bits per heavy atom. The molecule has 2 N–H and O–H groups in total. The number of halogens is 3. The van der Waals surface area contributed by atoms with E-state index < -0.39 is 29.7 Å². The van der Waals surface area contributed by atoms with Gasteiger partial charge in [0.15, 0.2) is 11.5 Å². The summed E-state index contributed by atoms with van der Waals surface area (Å²) in [4.78, 5) is 38.6. The number of rotatable bonds is 9. The molecule has 1 saturated heterocycles. The zero-order valence-corrected chi connectivity index (χ0v) is 19.2.